The Balaban J connectivity index is 1.93. The van der Waals surface area contributed by atoms with Gasteiger partial charge in [-0.2, -0.15) is 0 Å². The number of esters is 1. The smallest absolute Gasteiger partial charge is 0.308 e. The summed E-state index contributed by atoms with van der Waals surface area (Å²) >= 11 is 0. The zero-order chi connectivity index (χ0) is 14.5. The first-order valence-corrected chi connectivity index (χ1v) is 6.89. The average molecular weight is 276 g/mol. The van der Waals surface area contributed by atoms with Crippen LogP contribution in [0.15, 0.2) is 24.4 Å². The average Bonchev–Trinajstić information content (AvgIpc) is 2.53. The summed E-state index contributed by atoms with van der Waals surface area (Å²) in [6.07, 6.45) is 4.83. The molecule has 1 aliphatic rings. The molecule has 108 valence electrons. The van der Waals surface area contributed by atoms with E-state index in [0.717, 1.165) is 25.7 Å². The predicted octanol–water partition coefficient (Wildman–Crippen LogP) is 1.89. The van der Waals surface area contributed by atoms with Crippen LogP contribution >= 0.6 is 0 Å². The van der Waals surface area contributed by atoms with E-state index in [0.29, 0.717) is 5.69 Å². The second-order valence-electron chi connectivity index (χ2n) is 5.16. The van der Waals surface area contributed by atoms with Crippen molar-refractivity contribution in [1.29, 1.82) is 0 Å². The van der Waals surface area contributed by atoms with Gasteiger partial charge in [0.2, 0.25) is 0 Å². The molecule has 5 heteroatoms. The Kier molecular flexibility index (Phi) is 4.71. The highest BCUT2D eigenvalue weighted by molar-refractivity contribution is 5.92. The van der Waals surface area contributed by atoms with Gasteiger partial charge in [0.15, 0.2) is 0 Å². The van der Waals surface area contributed by atoms with Crippen molar-refractivity contribution in [2.24, 2.45) is 5.92 Å². The number of hydrogen-bond acceptors (Lipinski definition) is 4. The molecule has 0 radical (unpaired) electrons. The summed E-state index contributed by atoms with van der Waals surface area (Å²) in [6, 6.07) is 5.49. The normalized spacial score (nSPS) is 22.1. The molecule has 1 heterocycles. The van der Waals surface area contributed by atoms with Crippen LogP contribution in [0.2, 0.25) is 0 Å². The molecule has 0 N–H and O–H groups in total. The lowest BCUT2D eigenvalue weighted by Gasteiger charge is -2.33. The molecule has 5 nitrogen and oxygen atoms in total. The van der Waals surface area contributed by atoms with Gasteiger partial charge in [0.05, 0.1) is 13.0 Å². The highest BCUT2D eigenvalue weighted by Crippen LogP contribution is 2.28. The third kappa shape index (κ3) is 3.15. The van der Waals surface area contributed by atoms with Crippen molar-refractivity contribution in [3.8, 4) is 0 Å². The minimum Gasteiger partial charge on any atom is -0.469 e. The number of rotatable bonds is 3. The molecule has 0 atom stereocenters. The first kappa shape index (κ1) is 14.5. The van der Waals surface area contributed by atoms with E-state index >= 15 is 0 Å². The van der Waals surface area contributed by atoms with Crippen LogP contribution in [0.4, 0.5) is 0 Å². The molecule has 1 aromatic rings. The molecule has 0 aromatic carbocycles. The molecule has 0 saturated heterocycles. The number of nitrogens with zero attached hydrogens (tertiary/aromatic N) is 2. The Morgan fingerprint density at radius 2 is 1.95 bits per heavy atom. The fourth-order valence-corrected chi connectivity index (χ4v) is 2.70. The van der Waals surface area contributed by atoms with Crippen LogP contribution < -0.4 is 0 Å². The largest absolute Gasteiger partial charge is 0.469 e. The maximum absolute atomic E-state index is 12.3. The maximum Gasteiger partial charge on any atom is 0.308 e. The van der Waals surface area contributed by atoms with Gasteiger partial charge in [0, 0.05) is 19.3 Å². The fourth-order valence-electron chi connectivity index (χ4n) is 2.70. The number of carbonyl (C=O) groups excluding carboxylic acids is 2. The molecule has 20 heavy (non-hydrogen) atoms. The zero-order valence-corrected chi connectivity index (χ0v) is 11.9. The van der Waals surface area contributed by atoms with Gasteiger partial charge in [-0.15, -0.1) is 0 Å². The number of amides is 1. The Morgan fingerprint density at radius 1 is 1.25 bits per heavy atom. The van der Waals surface area contributed by atoms with E-state index in [-0.39, 0.29) is 23.8 Å². The van der Waals surface area contributed by atoms with E-state index in [1.165, 1.54) is 7.11 Å². The first-order chi connectivity index (χ1) is 9.63. The minimum atomic E-state index is -0.137. The fraction of sp³-hybridized carbons (Fsp3) is 0.533. The summed E-state index contributed by atoms with van der Waals surface area (Å²) in [7, 11) is 3.23. The van der Waals surface area contributed by atoms with E-state index in [9.17, 15) is 9.59 Å². The van der Waals surface area contributed by atoms with E-state index < -0.39 is 0 Å². The van der Waals surface area contributed by atoms with E-state index in [4.69, 9.17) is 4.74 Å². The summed E-state index contributed by atoms with van der Waals surface area (Å²) in [5.74, 6) is -0.219. The van der Waals surface area contributed by atoms with Crippen LogP contribution in [0.1, 0.15) is 36.2 Å². The van der Waals surface area contributed by atoms with Gasteiger partial charge < -0.3 is 9.64 Å². The zero-order valence-electron chi connectivity index (χ0n) is 11.9. The Labute approximate surface area is 118 Å². The van der Waals surface area contributed by atoms with Crippen LogP contribution in [0.25, 0.3) is 0 Å². The summed E-state index contributed by atoms with van der Waals surface area (Å²) < 4.78 is 4.77. The van der Waals surface area contributed by atoms with Crippen molar-refractivity contribution in [2.75, 3.05) is 14.2 Å². The number of carbonyl (C=O) groups is 2. The lowest BCUT2D eigenvalue weighted by Crippen LogP contribution is -2.40. The first-order valence-electron chi connectivity index (χ1n) is 6.89. The van der Waals surface area contributed by atoms with Gasteiger partial charge in [-0.1, -0.05) is 6.07 Å². The molecule has 0 aliphatic heterocycles. The third-order valence-corrected chi connectivity index (χ3v) is 3.98. The molecule has 0 bridgehead atoms. The highest BCUT2D eigenvalue weighted by Gasteiger charge is 2.30. The standard InChI is InChI=1S/C15H20N2O3/c1-17(14(18)13-5-3-4-10-16-13)12-8-6-11(7-9-12)15(19)20-2/h3-5,10-12H,6-9H2,1-2H3. The minimum absolute atomic E-state index is 0.0189. The second-order valence-corrected chi connectivity index (χ2v) is 5.16. The van der Waals surface area contributed by atoms with E-state index in [2.05, 4.69) is 4.98 Å². The van der Waals surface area contributed by atoms with Gasteiger partial charge >= 0.3 is 5.97 Å². The number of aromatic nitrogens is 1. The lowest BCUT2D eigenvalue weighted by molar-refractivity contribution is -0.146. The lowest BCUT2D eigenvalue weighted by atomic mass is 9.85. The van der Waals surface area contributed by atoms with Crippen LogP contribution in [-0.4, -0.2) is 42.0 Å². The summed E-state index contributed by atoms with van der Waals surface area (Å²) in [6.45, 7) is 0. The van der Waals surface area contributed by atoms with Crippen molar-refractivity contribution >= 4 is 11.9 Å². The van der Waals surface area contributed by atoms with Crippen molar-refractivity contribution in [3.05, 3.63) is 30.1 Å². The predicted molar refractivity (Wildman–Crippen MR) is 74.1 cm³/mol. The van der Waals surface area contributed by atoms with Crippen LogP contribution in [0.3, 0.4) is 0 Å². The Morgan fingerprint density at radius 3 is 2.50 bits per heavy atom. The number of hydrogen-bond donors (Lipinski definition) is 0. The summed E-state index contributed by atoms with van der Waals surface area (Å²) in [4.78, 5) is 29.6. The van der Waals surface area contributed by atoms with Crippen molar-refractivity contribution < 1.29 is 14.3 Å². The molecule has 1 aromatic heterocycles. The number of ether oxygens (including phenoxy) is 1. The molecule has 1 saturated carbocycles. The SMILES string of the molecule is COC(=O)C1CCC(N(C)C(=O)c2ccccn2)CC1. The maximum atomic E-state index is 12.3. The third-order valence-electron chi connectivity index (χ3n) is 3.98. The molecular weight excluding hydrogens is 256 g/mol. The van der Waals surface area contributed by atoms with Crippen molar-refractivity contribution in [2.45, 2.75) is 31.7 Å². The van der Waals surface area contributed by atoms with Gasteiger partial charge in [0.25, 0.3) is 5.91 Å². The monoisotopic (exact) mass is 276 g/mol. The Hall–Kier alpha value is -1.91. The van der Waals surface area contributed by atoms with Gasteiger partial charge in [0.1, 0.15) is 5.69 Å². The van der Waals surface area contributed by atoms with Crippen LogP contribution in [-0.2, 0) is 9.53 Å². The summed E-state index contributed by atoms with van der Waals surface area (Å²) in [5.41, 5.74) is 0.463. The van der Waals surface area contributed by atoms with E-state index in [1.54, 1.807) is 30.3 Å². The van der Waals surface area contributed by atoms with Crippen LogP contribution in [0.5, 0.6) is 0 Å². The molecule has 0 spiro atoms. The molecular formula is C15H20N2O3. The van der Waals surface area contributed by atoms with Gasteiger partial charge in [-0.05, 0) is 37.8 Å². The molecule has 2 rings (SSSR count). The van der Waals surface area contributed by atoms with E-state index in [1.807, 2.05) is 6.07 Å². The van der Waals surface area contributed by atoms with Crippen LogP contribution in [0, 0.1) is 5.92 Å². The van der Waals surface area contributed by atoms with Gasteiger partial charge in [-0.25, -0.2) is 0 Å². The highest BCUT2D eigenvalue weighted by atomic mass is 16.5. The van der Waals surface area contributed by atoms with Crippen molar-refractivity contribution in [1.82, 2.24) is 9.88 Å². The topological polar surface area (TPSA) is 59.5 Å². The number of methoxy groups -OCH3 is 1. The molecule has 0 unspecified atom stereocenters. The van der Waals surface area contributed by atoms with Gasteiger partial charge in [-0.3, -0.25) is 14.6 Å². The quantitative estimate of drug-likeness (QED) is 0.791. The number of pyridine rings is 1. The Bertz CT molecular complexity index is 467. The summed E-state index contributed by atoms with van der Waals surface area (Å²) in [5, 5.41) is 0. The molecule has 1 aliphatic carbocycles. The second kappa shape index (κ2) is 6.50. The molecule has 1 fully saturated rings. The molecule has 1 amide bonds. The van der Waals surface area contributed by atoms with Crippen molar-refractivity contribution in [3.63, 3.8) is 0 Å².